The number of aromatic nitrogens is 2. The lowest BCUT2D eigenvalue weighted by Gasteiger charge is -2.10. The van der Waals surface area contributed by atoms with Crippen LogP contribution in [-0.4, -0.2) is 28.3 Å². The van der Waals surface area contributed by atoms with Gasteiger partial charge in [-0.2, -0.15) is 18.3 Å². The number of ether oxygens (including phenoxy) is 1. The van der Waals surface area contributed by atoms with Gasteiger partial charge in [-0.15, -0.1) is 11.3 Å². The third kappa shape index (κ3) is 4.27. The smallest absolute Gasteiger partial charge is 0.435 e. The maximum absolute atomic E-state index is 13.3. The minimum atomic E-state index is -4.56. The molecule has 0 fully saturated rings. The lowest BCUT2D eigenvalue weighted by atomic mass is 10.0. The first-order valence-corrected chi connectivity index (χ1v) is 11.0. The summed E-state index contributed by atoms with van der Waals surface area (Å²) in [6.07, 6.45) is -3.23. The molecule has 3 aromatic rings. The highest BCUT2D eigenvalue weighted by Gasteiger charge is 2.40. The van der Waals surface area contributed by atoms with Crippen LogP contribution in [0.1, 0.15) is 40.7 Å². The molecule has 1 aromatic carbocycles. The van der Waals surface area contributed by atoms with Crippen molar-refractivity contribution in [2.75, 3.05) is 11.9 Å². The number of nitrogens with one attached hydrogen (secondary N) is 1. The van der Waals surface area contributed by atoms with Gasteiger partial charge in [0.1, 0.15) is 17.1 Å². The van der Waals surface area contributed by atoms with Gasteiger partial charge >= 0.3 is 12.1 Å². The predicted octanol–water partition coefficient (Wildman–Crippen LogP) is 4.93. The first kappa shape index (κ1) is 22.1. The molecule has 168 valence electrons. The van der Waals surface area contributed by atoms with E-state index in [1.807, 2.05) is 30.3 Å². The van der Waals surface area contributed by atoms with Gasteiger partial charge in [0.25, 0.3) is 0 Å². The second-order valence-electron chi connectivity index (χ2n) is 7.27. The normalized spacial score (nSPS) is 13.1. The molecule has 6 nitrogen and oxygen atoms in total. The van der Waals surface area contributed by atoms with Crippen LogP contribution < -0.4 is 5.32 Å². The fraction of sp³-hybridized carbons (Fsp3) is 0.318. The molecule has 10 heteroatoms. The van der Waals surface area contributed by atoms with Crippen molar-refractivity contribution in [2.24, 2.45) is 0 Å². The lowest BCUT2D eigenvalue weighted by molar-refractivity contribution is -0.142. The molecule has 2 aromatic heterocycles. The molecule has 2 heterocycles. The molecule has 1 N–H and O–H groups in total. The zero-order valence-electron chi connectivity index (χ0n) is 17.2. The Hall–Kier alpha value is -3.14. The summed E-state index contributed by atoms with van der Waals surface area (Å²) in [5, 5.41) is 8.36. The SMILES string of the molecule is CCOC(=O)c1c(-c2ccccc2)csc1NC(=O)Cn1nc(C(F)(F)F)c2c1CCC2. The second-order valence-corrected chi connectivity index (χ2v) is 8.15. The molecule has 0 radical (unpaired) electrons. The molecule has 0 saturated carbocycles. The van der Waals surface area contributed by atoms with E-state index < -0.39 is 23.7 Å². The average molecular weight is 463 g/mol. The fourth-order valence-electron chi connectivity index (χ4n) is 3.86. The molecule has 4 rings (SSSR count). The first-order chi connectivity index (χ1) is 15.3. The van der Waals surface area contributed by atoms with E-state index in [1.165, 1.54) is 0 Å². The maximum atomic E-state index is 13.3. The number of alkyl halides is 3. The zero-order valence-corrected chi connectivity index (χ0v) is 18.0. The van der Waals surface area contributed by atoms with Crippen LogP contribution in [0.5, 0.6) is 0 Å². The van der Waals surface area contributed by atoms with Crippen LogP contribution in [0.25, 0.3) is 11.1 Å². The number of thiophene rings is 1. The van der Waals surface area contributed by atoms with Crippen molar-refractivity contribution < 1.29 is 27.5 Å². The van der Waals surface area contributed by atoms with Gasteiger partial charge in [-0.3, -0.25) is 9.48 Å². The van der Waals surface area contributed by atoms with Crippen LogP contribution in [0.2, 0.25) is 0 Å². The van der Waals surface area contributed by atoms with Crippen molar-refractivity contribution in [1.29, 1.82) is 0 Å². The number of carbonyl (C=O) groups excluding carboxylic acids is 2. The average Bonchev–Trinajstić information content (AvgIpc) is 3.44. The van der Waals surface area contributed by atoms with E-state index in [0.29, 0.717) is 30.5 Å². The Kier molecular flexibility index (Phi) is 6.05. The molecular formula is C22H20F3N3O3S. The Morgan fingerprint density at radius 2 is 1.97 bits per heavy atom. The highest BCUT2D eigenvalue weighted by Crippen LogP contribution is 2.38. The van der Waals surface area contributed by atoms with E-state index in [1.54, 1.807) is 12.3 Å². The van der Waals surface area contributed by atoms with Crippen molar-refractivity contribution in [2.45, 2.75) is 38.9 Å². The van der Waals surface area contributed by atoms with Crippen molar-refractivity contribution >= 4 is 28.2 Å². The number of fused-ring (bicyclic) bond motifs is 1. The molecule has 32 heavy (non-hydrogen) atoms. The summed E-state index contributed by atoms with van der Waals surface area (Å²) in [6.45, 7) is 1.47. The van der Waals surface area contributed by atoms with Crippen molar-refractivity contribution in [3.8, 4) is 11.1 Å². The number of benzene rings is 1. The van der Waals surface area contributed by atoms with Crippen LogP contribution in [0.15, 0.2) is 35.7 Å². The summed E-state index contributed by atoms with van der Waals surface area (Å²) in [5.41, 5.74) is 1.30. The molecule has 0 atom stereocenters. The van der Waals surface area contributed by atoms with E-state index in [0.717, 1.165) is 21.6 Å². The van der Waals surface area contributed by atoms with Gasteiger partial charge in [0.05, 0.1) is 6.61 Å². The van der Waals surface area contributed by atoms with Crippen LogP contribution in [0.4, 0.5) is 18.2 Å². The number of halogens is 3. The predicted molar refractivity (Wildman–Crippen MR) is 114 cm³/mol. The number of anilines is 1. The summed E-state index contributed by atoms with van der Waals surface area (Å²) in [7, 11) is 0. The summed E-state index contributed by atoms with van der Waals surface area (Å²) >= 11 is 1.16. The van der Waals surface area contributed by atoms with Crippen LogP contribution in [-0.2, 0) is 35.1 Å². The maximum Gasteiger partial charge on any atom is 0.435 e. The number of hydrogen-bond acceptors (Lipinski definition) is 5. The third-order valence-electron chi connectivity index (χ3n) is 5.18. The largest absolute Gasteiger partial charge is 0.462 e. The van der Waals surface area contributed by atoms with Crippen molar-refractivity contribution in [1.82, 2.24) is 9.78 Å². The standard InChI is InChI=1S/C22H20F3N3O3S/c1-2-31-21(30)18-15(13-7-4-3-5-8-13)12-32-20(18)26-17(29)11-28-16-10-6-9-14(16)19(27-28)22(23,24)25/h3-5,7-8,12H,2,6,9-11H2,1H3,(H,26,29). The number of nitrogens with zero attached hydrogens (tertiary/aromatic N) is 2. The summed E-state index contributed by atoms with van der Waals surface area (Å²) < 4.78 is 46.2. The second kappa shape index (κ2) is 8.78. The highest BCUT2D eigenvalue weighted by molar-refractivity contribution is 7.15. The lowest BCUT2D eigenvalue weighted by Crippen LogP contribution is -2.22. The topological polar surface area (TPSA) is 73.2 Å². The molecule has 1 amide bonds. The molecule has 1 aliphatic rings. The van der Waals surface area contributed by atoms with E-state index in [4.69, 9.17) is 4.74 Å². The Bertz CT molecular complexity index is 1150. The van der Waals surface area contributed by atoms with Crippen molar-refractivity contribution in [3.63, 3.8) is 0 Å². The molecular weight excluding hydrogens is 443 g/mol. The zero-order chi connectivity index (χ0) is 22.9. The van der Waals surface area contributed by atoms with Crippen LogP contribution in [0.3, 0.4) is 0 Å². The summed E-state index contributed by atoms with van der Waals surface area (Å²) in [6, 6.07) is 9.18. The van der Waals surface area contributed by atoms with Gasteiger partial charge in [0.2, 0.25) is 5.91 Å². The van der Waals surface area contributed by atoms with Crippen LogP contribution in [0, 0.1) is 0 Å². The summed E-state index contributed by atoms with van der Waals surface area (Å²) in [5.74, 6) is -1.15. The van der Waals surface area contributed by atoms with Gasteiger partial charge in [0.15, 0.2) is 5.69 Å². The Morgan fingerprint density at radius 1 is 1.22 bits per heavy atom. The Labute approximate surface area is 186 Å². The van der Waals surface area contributed by atoms with Crippen molar-refractivity contribution in [3.05, 3.63) is 58.2 Å². The molecule has 0 aliphatic heterocycles. The minimum Gasteiger partial charge on any atom is -0.462 e. The van der Waals surface area contributed by atoms with Gasteiger partial charge in [-0.05, 0) is 31.7 Å². The molecule has 0 unspecified atom stereocenters. The molecule has 1 aliphatic carbocycles. The number of carbonyl (C=O) groups is 2. The number of rotatable bonds is 6. The van der Waals surface area contributed by atoms with E-state index in [2.05, 4.69) is 10.4 Å². The van der Waals surface area contributed by atoms with Gasteiger partial charge < -0.3 is 10.1 Å². The van der Waals surface area contributed by atoms with E-state index >= 15 is 0 Å². The molecule has 0 spiro atoms. The quantitative estimate of drug-likeness (QED) is 0.526. The van der Waals surface area contributed by atoms with Gasteiger partial charge in [0, 0.05) is 22.2 Å². The third-order valence-corrected chi connectivity index (χ3v) is 6.07. The van der Waals surface area contributed by atoms with E-state index in [-0.39, 0.29) is 29.3 Å². The molecule has 0 saturated heterocycles. The summed E-state index contributed by atoms with van der Waals surface area (Å²) in [4.78, 5) is 25.3. The van der Waals surface area contributed by atoms with Crippen LogP contribution >= 0.6 is 11.3 Å². The number of esters is 1. The Morgan fingerprint density at radius 3 is 2.66 bits per heavy atom. The Balaban J connectivity index is 1.61. The monoisotopic (exact) mass is 463 g/mol. The number of amides is 1. The highest BCUT2D eigenvalue weighted by atomic mass is 32.1. The van der Waals surface area contributed by atoms with Gasteiger partial charge in [-0.1, -0.05) is 30.3 Å². The van der Waals surface area contributed by atoms with E-state index in [9.17, 15) is 22.8 Å². The minimum absolute atomic E-state index is 0.163. The number of hydrogen-bond donors (Lipinski definition) is 1. The molecule has 0 bridgehead atoms. The fourth-order valence-corrected chi connectivity index (χ4v) is 4.83. The first-order valence-electron chi connectivity index (χ1n) is 10.1. The van der Waals surface area contributed by atoms with Gasteiger partial charge in [-0.25, -0.2) is 4.79 Å².